The Kier molecular flexibility index (Phi) is 3.94. The van der Waals surface area contributed by atoms with E-state index in [1.807, 2.05) is 38.1 Å². The van der Waals surface area contributed by atoms with E-state index in [0.29, 0.717) is 6.54 Å². The zero-order chi connectivity index (χ0) is 14.7. The van der Waals surface area contributed by atoms with Gasteiger partial charge in [0.1, 0.15) is 11.5 Å². The third-order valence-corrected chi connectivity index (χ3v) is 3.09. The summed E-state index contributed by atoms with van der Waals surface area (Å²) in [5.74, 6) is -0.531. The van der Waals surface area contributed by atoms with Crippen LogP contribution in [0.5, 0.6) is 11.5 Å². The van der Waals surface area contributed by atoms with E-state index in [1.165, 1.54) is 18.2 Å². The number of hydrogen-bond acceptors (Lipinski definition) is 3. The maximum absolute atomic E-state index is 12.5. The van der Waals surface area contributed by atoms with Gasteiger partial charge in [0.15, 0.2) is 0 Å². The van der Waals surface area contributed by atoms with Crippen LogP contribution in [-0.4, -0.2) is 22.7 Å². The molecule has 0 aliphatic heterocycles. The van der Waals surface area contributed by atoms with Gasteiger partial charge in [-0.05, 0) is 49.7 Å². The van der Waals surface area contributed by atoms with Gasteiger partial charge in [-0.1, -0.05) is 12.1 Å². The fourth-order valence-electron chi connectivity index (χ4n) is 2.08. The highest BCUT2D eigenvalue weighted by Crippen LogP contribution is 2.26. The Hall–Kier alpha value is -2.49. The summed E-state index contributed by atoms with van der Waals surface area (Å²) in [6, 6.07) is 11.5. The number of carbonyl (C=O) groups excluding carboxylic acids is 1. The van der Waals surface area contributed by atoms with Gasteiger partial charge >= 0.3 is 0 Å². The van der Waals surface area contributed by atoms with Crippen LogP contribution in [0.1, 0.15) is 22.8 Å². The van der Waals surface area contributed by atoms with Gasteiger partial charge in [0.25, 0.3) is 5.91 Å². The number of aromatic hydroxyl groups is 2. The van der Waals surface area contributed by atoms with E-state index in [1.54, 1.807) is 4.90 Å². The first-order chi connectivity index (χ1) is 9.52. The molecule has 0 fully saturated rings. The van der Waals surface area contributed by atoms with E-state index in [-0.39, 0.29) is 23.0 Å². The summed E-state index contributed by atoms with van der Waals surface area (Å²) in [6.07, 6.45) is 0. The Morgan fingerprint density at radius 1 is 1.15 bits per heavy atom. The summed E-state index contributed by atoms with van der Waals surface area (Å²) in [5.41, 5.74) is 1.91. The molecular formula is C16H17NO3. The minimum absolute atomic E-state index is 0.0496. The third-order valence-electron chi connectivity index (χ3n) is 3.09. The Morgan fingerprint density at radius 3 is 2.55 bits per heavy atom. The number of hydrogen-bond donors (Lipinski definition) is 2. The predicted octanol–water partition coefficient (Wildman–Crippen LogP) is 3.07. The van der Waals surface area contributed by atoms with Crippen LogP contribution in [0.4, 0.5) is 5.69 Å². The first kappa shape index (κ1) is 13.9. The van der Waals surface area contributed by atoms with Crippen molar-refractivity contribution >= 4 is 11.6 Å². The van der Waals surface area contributed by atoms with E-state index in [4.69, 9.17) is 0 Å². The normalized spacial score (nSPS) is 10.3. The van der Waals surface area contributed by atoms with Crippen LogP contribution in [-0.2, 0) is 0 Å². The molecule has 0 saturated carbocycles. The molecule has 2 N–H and O–H groups in total. The van der Waals surface area contributed by atoms with Gasteiger partial charge in [-0.25, -0.2) is 0 Å². The highest BCUT2D eigenvalue weighted by atomic mass is 16.3. The van der Waals surface area contributed by atoms with Crippen molar-refractivity contribution in [3.8, 4) is 11.5 Å². The molecular weight excluding hydrogens is 254 g/mol. The predicted molar refractivity (Wildman–Crippen MR) is 78.3 cm³/mol. The number of aryl methyl sites for hydroxylation is 1. The fraction of sp³-hybridized carbons (Fsp3) is 0.188. The van der Waals surface area contributed by atoms with Crippen LogP contribution in [0, 0.1) is 6.92 Å². The SMILES string of the molecule is CCN(C(=O)c1cc(O)ccc1O)c1cccc(C)c1. The van der Waals surface area contributed by atoms with Crippen LogP contribution in [0.15, 0.2) is 42.5 Å². The molecule has 0 aliphatic carbocycles. The molecule has 2 aromatic carbocycles. The van der Waals surface area contributed by atoms with Crippen LogP contribution >= 0.6 is 0 Å². The lowest BCUT2D eigenvalue weighted by Crippen LogP contribution is -2.30. The molecule has 104 valence electrons. The minimum Gasteiger partial charge on any atom is -0.508 e. The van der Waals surface area contributed by atoms with Crippen LogP contribution in [0.25, 0.3) is 0 Å². The summed E-state index contributed by atoms with van der Waals surface area (Å²) >= 11 is 0. The van der Waals surface area contributed by atoms with Gasteiger partial charge in [-0.3, -0.25) is 4.79 Å². The monoisotopic (exact) mass is 271 g/mol. The second-order valence-electron chi connectivity index (χ2n) is 4.59. The standard InChI is InChI=1S/C16H17NO3/c1-3-17(12-6-4-5-11(2)9-12)16(20)14-10-13(18)7-8-15(14)19/h4-10,18-19H,3H2,1-2H3. The lowest BCUT2D eigenvalue weighted by molar-refractivity contribution is 0.0985. The van der Waals surface area contributed by atoms with Crippen molar-refractivity contribution in [2.45, 2.75) is 13.8 Å². The second-order valence-corrected chi connectivity index (χ2v) is 4.59. The highest BCUT2D eigenvalue weighted by Gasteiger charge is 2.19. The largest absolute Gasteiger partial charge is 0.508 e. The Bertz CT molecular complexity index is 637. The van der Waals surface area contributed by atoms with Gasteiger partial charge in [0.05, 0.1) is 5.56 Å². The van der Waals surface area contributed by atoms with Crippen molar-refractivity contribution in [1.29, 1.82) is 0 Å². The molecule has 4 nitrogen and oxygen atoms in total. The van der Waals surface area contributed by atoms with Crippen molar-refractivity contribution in [2.75, 3.05) is 11.4 Å². The Labute approximate surface area is 117 Å². The van der Waals surface area contributed by atoms with Gasteiger partial charge in [-0.2, -0.15) is 0 Å². The molecule has 20 heavy (non-hydrogen) atoms. The van der Waals surface area contributed by atoms with Crippen molar-refractivity contribution in [3.63, 3.8) is 0 Å². The molecule has 0 heterocycles. The van der Waals surface area contributed by atoms with E-state index in [9.17, 15) is 15.0 Å². The summed E-state index contributed by atoms with van der Waals surface area (Å²) in [7, 11) is 0. The zero-order valence-electron chi connectivity index (χ0n) is 11.5. The first-order valence-corrected chi connectivity index (χ1v) is 6.43. The number of rotatable bonds is 3. The van der Waals surface area contributed by atoms with Crippen molar-refractivity contribution in [1.82, 2.24) is 0 Å². The van der Waals surface area contributed by atoms with Crippen LogP contribution in [0.3, 0.4) is 0 Å². The maximum Gasteiger partial charge on any atom is 0.262 e. The summed E-state index contributed by atoms with van der Waals surface area (Å²) < 4.78 is 0. The molecule has 4 heteroatoms. The van der Waals surface area contributed by atoms with E-state index in [2.05, 4.69) is 0 Å². The number of amides is 1. The van der Waals surface area contributed by atoms with Crippen molar-refractivity contribution in [3.05, 3.63) is 53.6 Å². The molecule has 2 rings (SSSR count). The number of nitrogens with zero attached hydrogens (tertiary/aromatic N) is 1. The second kappa shape index (κ2) is 5.65. The lowest BCUT2D eigenvalue weighted by atomic mass is 10.1. The molecule has 0 radical (unpaired) electrons. The van der Waals surface area contributed by atoms with Crippen molar-refractivity contribution < 1.29 is 15.0 Å². The average molecular weight is 271 g/mol. The molecule has 0 bridgehead atoms. The summed E-state index contributed by atoms with van der Waals surface area (Å²) in [6.45, 7) is 4.28. The van der Waals surface area contributed by atoms with Crippen molar-refractivity contribution in [2.24, 2.45) is 0 Å². The molecule has 0 spiro atoms. The molecule has 0 aliphatic rings. The van der Waals surface area contributed by atoms with Gasteiger partial charge in [0.2, 0.25) is 0 Å². The Morgan fingerprint density at radius 2 is 1.90 bits per heavy atom. The van der Waals surface area contributed by atoms with E-state index >= 15 is 0 Å². The van der Waals surface area contributed by atoms with E-state index in [0.717, 1.165) is 11.3 Å². The summed E-state index contributed by atoms with van der Waals surface area (Å²) in [5, 5.41) is 19.3. The fourth-order valence-corrected chi connectivity index (χ4v) is 2.08. The minimum atomic E-state index is -0.341. The number of benzene rings is 2. The smallest absolute Gasteiger partial charge is 0.262 e. The number of phenolic OH excluding ortho intramolecular Hbond substituents is 2. The number of anilines is 1. The molecule has 0 saturated heterocycles. The molecule has 0 atom stereocenters. The van der Waals surface area contributed by atoms with Gasteiger partial charge < -0.3 is 15.1 Å². The molecule has 0 unspecified atom stereocenters. The first-order valence-electron chi connectivity index (χ1n) is 6.43. The zero-order valence-corrected chi connectivity index (χ0v) is 11.5. The third kappa shape index (κ3) is 2.74. The quantitative estimate of drug-likeness (QED) is 0.843. The lowest BCUT2D eigenvalue weighted by Gasteiger charge is -2.22. The van der Waals surface area contributed by atoms with E-state index < -0.39 is 0 Å². The average Bonchev–Trinajstić information content (AvgIpc) is 2.42. The summed E-state index contributed by atoms with van der Waals surface area (Å²) in [4.78, 5) is 14.1. The van der Waals surface area contributed by atoms with Crippen LogP contribution in [0.2, 0.25) is 0 Å². The van der Waals surface area contributed by atoms with Crippen LogP contribution < -0.4 is 4.90 Å². The molecule has 2 aromatic rings. The Balaban J connectivity index is 2.41. The number of phenols is 2. The number of carbonyl (C=O) groups is 1. The molecule has 1 amide bonds. The maximum atomic E-state index is 12.5. The highest BCUT2D eigenvalue weighted by molar-refractivity contribution is 6.08. The van der Waals surface area contributed by atoms with Gasteiger partial charge in [0, 0.05) is 12.2 Å². The topological polar surface area (TPSA) is 60.8 Å². The van der Waals surface area contributed by atoms with Gasteiger partial charge in [-0.15, -0.1) is 0 Å². The molecule has 0 aromatic heterocycles.